The van der Waals surface area contributed by atoms with Gasteiger partial charge in [-0.05, 0) is 18.1 Å². The first-order chi connectivity index (χ1) is 9.72. The molecule has 0 spiro atoms. The molecule has 1 aromatic heterocycles. The number of carboxylic acids is 1. The smallest absolute Gasteiger partial charge is 0.356 e. The molecular weight excluding hydrogens is 254 g/mol. The maximum atomic E-state index is 11.3. The van der Waals surface area contributed by atoms with Crippen LogP contribution in [0.5, 0.6) is 0 Å². The van der Waals surface area contributed by atoms with Gasteiger partial charge in [-0.15, -0.1) is 0 Å². The molecule has 0 radical (unpaired) electrons. The van der Waals surface area contributed by atoms with Crippen molar-refractivity contribution in [2.45, 2.75) is 26.2 Å². The van der Waals surface area contributed by atoms with Gasteiger partial charge in [-0.1, -0.05) is 50.1 Å². The van der Waals surface area contributed by atoms with Crippen molar-refractivity contribution in [2.75, 3.05) is 6.61 Å². The second kappa shape index (κ2) is 6.80. The summed E-state index contributed by atoms with van der Waals surface area (Å²) >= 11 is 0. The highest BCUT2D eigenvalue weighted by Crippen LogP contribution is 2.21. The van der Waals surface area contributed by atoms with Gasteiger partial charge in [-0.2, -0.15) is 4.73 Å². The van der Waals surface area contributed by atoms with Crippen molar-refractivity contribution in [1.29, 1.82) is 0 Å². The largest absolute Gasteiger partial charge is 0.476 e. The Kier molecular flexibility index (Phi) is 4.82. The molecule has 0 aliphatic heterocycles. The Morgan fingerprint density at radius 2 is 1.95 bits per heavy atom. The van der Waals surface area contributed by atoms with E-state index in [1.165, 1.54) is 4.73 Å². The van der Waals surface area contributed by atoms with Crippen LogP contribution in [0.15, 0.2) is 42.6 Å². The summed E-state index contributed by atoms with van der Waals surface area (Å²) in [5, 5.41) is 9.23. The van der Waals surface area contributed by atoms with E-state index in [-0.39, 0.29) is 5.69 Å². The molecule has 106 valence electrons. The van der Waals surface area contributed by atoms with Crippen LogP contribution in [0.25, 0.3) is 11.1 Å². The quantitative estimate of drug-likeness (QED) is 0.786. The van der Waals surface area contributed by atoms with Gasteiger partial charge in [0.15, 0.2) is 5.69 Å². The Bertz CT molecular complexity index is 560. The first kappa shape index (κ1) is 14.2. The third-order valence-electron chi connectivity index (χ3n) is 3.09. The number of nitrogens with zero attached hydrogens (tertiary/aromatic N) is 1. The second-order valence-electron chi connectivity index (χ2n) is 4.65. The highest BCUT2D eigenvalue weighted by atomic mass is 16.7. The van der Waals surface area contributed by atoms with Crippen molar-refractivity contribution >= 4 is 5.97 Å². The van der Waals surface area contributed by atoms with Gasteiger partial charge in [0.2, 0.25) is 0 Å². The van der Waals surface area contributed by atoms with Crippen molar-refractivity contribution in [3.05, 3.63) is 48.3 Å². The minimum Gasteiger partial charge on any atom is -0.476 e. The summed E-state index contributed by atoms with van der Waals surface area (Å²) in [5.74, 6) is -0.984. The summed E-state index contributed by atoms with van der Waals surface area (Å²) in [5.41, 5.74) is 1.98. The van der Waals surface area contributed by atoms with E-state index >= 15 is 0 Å². The molecule has 4 nitrogen and oxygen atoms in total. The van der Waals surface area contributed by atoms with E-state index in [1.807, 2.05) is 30.3 Å². The Morgan fingerprint density at radius 3 is 2.60 bits per heavy atom. The lowest BCUT2D eigenvalue weighted by molar-refractivity contribution is 0.0589. The summed E-state index contributed by atoms with van der Waals surface area (Å²) in [6.07, 6.45) is 4.84. The van der Waals surface area contributed by atoms with Crippen LogP contribution in [-0.4, -0.2) is 22.4 Å². The van der Waals surface area contributed by atoms with E-state index < -0.39 is 5.97 Å². The summed E-state index contributed by atoms with van der Waals surface area (Å²) in [6.45, 7) is 2.64. The van der Waals surface area contributed by atoms with Crippen LogP contribution >= 0.6 is 0 Å². The number of aromatic carboxylic acids is 1. The lowest BCUT2D eigenvalue weighted by atomic mass is 10.1. The van der Waals surface area contributed by atoms with Gasteiger partial charge >= 0.3 is 5.97 Å². The molecule has 1 aromatic carbocycles. The first-order valence-corrected chi connectivity index (χ1v) is 6.86. The van der Waals surface area contributed by atoms with Crippen molar-refractivity contribution in [1.82, 2.24) is 4.73 Å². The number of unbranched alkanes of at least 4 members (excludes halogenated alkanes) is 2. The maximum Gasteiger partial charge on any atom is 0.356 e. The SMILES string of the molecule is CCCCCOn1cc(-c2ccccc2)cc1C(=O)O. The Hall–Kier alpha value is -2.23. The Balaban J connectivity index is 2.18. The van der Waals surface area contributed by atoms with Crippen LogP contribution in [0.1, 0.15) is 36.7 Å². The fourth-order valence-electron chi connectivity index (χ4n) is 2.01. The molecule has 0 atom stereocenters. The predicted molar refractivity (Wildman–Crippen MR) is 77.8 cm³/mol. The van der Waals surface area contributed by atoms with E-state index in [4.69, 9.17) is 4.84 Å². The van der Waals surface area contributed by atoms with Crippen LogP contribution in [0.3, 0.4) is 0 Å². The highest BCUT2D eigenvalue weighted by Gasteiger charge is 2.14. The molecule has 0 bridgehead atoms. The number of rotatable bonds is 7. The fraction of sp³-hybridized carbons (Fsp3) is 0.312. The molecule has 1 heterocycles. The molecule has 0 amide bonds. The van der Waals surface area contributed by atoms with Crippen molar-refractivity contribution in [3.63, 3.8) is 0 Å². The van der Waals surface area contributed by atoms with E-state index in [2.05, 4.69) is 6.92 Å². The Labute approximate surface area is 118 Å². The molecule has 2 aromatic rings. The zero-order chi connectivity index (χ0) is 14.4. The van der Waals surface area contributed by atoms with Gasteiger partial charge in [0.1, 0.15) is 6.61 Å². The highest BCUT2D eigenvalue weighted by molar-refractivity contribution is 5.88. The lowest BCUT2D eigenvalue weighted by Gasteiger charge is -2.08. The Morgan fingerprint density at radius 1 is 1.20 bits per heavy atom. The molecule has 0 fully saturated rings. The average Bonchev–Trinajstić information content (AvgIpc) is 2.89. The van der Waals surface area contributed by atoms with Gasteiger partial charge in [0.05, 0.1) is 6.20 Å². The lowest BCUT2D eigenvalue weighted by Crippen LogP contribution is -2.17. The minimum absolute atomic E-state index is 0.153. The number of carbonyl (C=O) groups is 1. The van der Waals surface area contributed by atoms with E-state index in [0.717, 1.165) is 30.4 Å². The molecule has 0 unspecified atom stereocenters. The molecule has 4 heteroatoms. The second-order valence-corrected chi connectivity index (χ2v) is 4.65. The summed E-state index contributed by atoms with van der Waals surface area (Å²) in [7, 11) is 0. The van der Waals surface area contributed by atoms with Gasteiger partial charge < -0.3 is 9.94 Å². The summed E-state index contributed by atoms with van der Waals surface area (Å²) in [6, 6.07) is 11.3. The van der Waals surface area contributed by atoms with E-state index in [0.29, 0.717) is 6.61 Å². The number of hydrogen-bond donors (Lipinski definition) is 1. The van der Waals surface area contributed by atoms with Crippen LogP contribution in [-0.2, 0) is 0 Å². The van der Waals surface area contributed by atoms with Crippen LogP contribution < -0.4 is 4.84 Å². The predicted octanol–water partition coefficient (Wildman–Crippen LogP) is 3.47. The van der Waals surface area contributed by atoms with E-state index in [9.17, 15) is 9.90 Å². The third-order valence-corrected chi connectivity index (χ3v) is 3.09. The summed E-state index contributed by atoms with van der Waals surface area (Å²) in [4.78, 5) is 16.8. The van der Waals surface area contributed by atoms with Crippen LogP contribution in [0.4, 0.5) is 0 Å². The first-order valence-electron chi connectivity index (χ1n) is 6.86. The molecular formula is C16H19NO3. The van der Waals surface area contributed by atoms with Gasteiger partial charge in [-0.25, -0.2) is 4.79 Å². The number of carboxylic acid groups (broad SMARTS) is 1. The van der Waals surface area contributed by atoms with Crippen LogP contribution in [0, 0.1) is 0 Å². The van der Waals surface area contributed by atoms with Crippen molar-refractivity contribution in [3.8, 4) is 11.1 Å². The number of benzene rings is 1. The monoisotopic (exact) mass is 273 g/mol. The fourth-order valence-corrected chi connectivity index (χ4v) is 2.01. The normalized spacial score (nSPS) is 10.4. The molecule has 0 aliphatic rings. The standard InChI is InChI=1S/C16H19NO3/c1-2-3-7-10-20-17-12-14(11-15(17)16(18)19)13-8-5-4-6-9-13/h4-6,8-9,11-12H,2-3,7,10H2,1H3,(H,18,19). The van der Waals surface area contributed by atoms with Gasteiger partial charge in [0.25, 0.3) is 0 Å². The molecule has 1 N–H and O–H groups in total. The van der Waals surface area contributed by atoms with Crippen molar-refractivity contribution < 1.29 is 14.7 Å². The molecule has 0 saturated heterocycles. The van der Waals surface area contributed by atoms with E-state index in [1.54, 1.807) is 12.3 Å². The van der Waals surface area contributed by atoms with Crippen molar-refractivity contribution in [2.24, 2.45) is 0 Å². The third kappa shape index (κ3) is 3.41. The zero-order valence-corrected chi connectivity index (χ0v) is 11.6. The average molecular weight is 273 g/mol. The number of aromatic nitrogens is 1. The molecule has 2 rings (SSSR count). The molecule has 0 saturated carbocycles. The van der Waals surface area contributed by atoms with Crippen LogP contribution in [0.2, 0.25) is 0 Å². The molecule has 0 aliphatic carbocycles. The summed E-state index contributed by atoms with van der Waals surface area (Å²) < 4.78 is 1.36. The number of hydrogen-bond acceptors (Lipinski definition) is 2. The topological polar surface area (TPSA) is 51.5 Å². The maximum absolute atomic E-state index is 11.3. The minimum atomic E-state index is -0.984. The molecule has 20 heavy (non-hydrogen) atoms. The zero-order valence-electron chi connectivity index (χ0n) is 11.6. The van der Waals surface area contributed by atoms with Gasteiger partial charge in [0, 0.05) is 5.56 Å². The van der Waals surface area contributed by atoms with Gasteiger partial charge in [-0.3, -0.25) is 0 Å².